The Morgan fingerprint density at radius 3 is 2.50 bits per heavy atom. The lowest BCUT2D eigenvalue weighted by molar-refractivity contribution is -0.148. The highest BCUT2D eigenvalue weighted by molar-refractivity contribution is 5.95. The van der Waals surface area contributed by atoms with E-state index in [1.54, 1.807) is 36.4 Å². The van der Waals surface area contributed by atoms with E-state index in [0.717, 1.165) is 40.8 Å². The number of rotatable bonds is 7. The predicted octanol–water partition coefficient (Wildman–Crippen LogP) is 7.59. The molecular formula is C32H34F3NO4. The Morgan fingerprint density at radius 2 is 1.77 bits per heavy atom. The number of alkyl halides is 3. The van der Waals surface area contributed by atoms with Gasteiger partial charge >= 0.3 is 6.18 Å². The minimum Gasteiger partial charge on any atom is -0.508 e. The van der Waals surface area contributed by atoms with Gasteiger partial charge in [-0.3, -0.25) is 4.90 Å². The van der Waals surface area contributed by atoms with Crippen molar-refractivity contribution in [1.82, 2.24) is 4.90 Å². The van der Waals surface area contributed by atoms with E-state index in [1.807, 2.05) is 44.2 Å². The fourth-order valence-electron chi connectivity index (χ4n) is 5.77. The summed E-state index contributed by atoms with van der Waals surface area (Å²) < 4.78 is 51.1. The molecule has 3 aromatic carbocycles. The average molecular weight is 554 g/mol. The highest BCUT2D eigenvalue weighted by Crippen LogP contribution is 2.47. The molecule has 0 radical (unpaired) electrons. The highest BCUT2D eigenvalue weighted by atomic mass is 19.4. The SMILES string of the molecule is CC1=C(c2cccc(O)c2)C(c2ccc(OCC(C)N3CCCC(CC(F)(F)F)C3)cc2)Oc2ccc(O)cc21. The molecule has 40 heavy (non-hydrogen) atoms. The molecule has 2 aliphatic rings. The molecule has 3 aromatic rings. The molecule has 0 spiro atoms. The zero-order chi connectivity index (χ0) is 28.4. The van der Waals surface area contributed by atoms with Crippen molar-refractivity contribution in [2.45, 2.75) is 51.4 Å². The second kappa shape index (κ2) is 11.5. The summed E-state index contributed by atoms with van der Waals surface area (Å²) in [5.74, 6) is 1.25. The molecule has 2 heterocycles. The molecule has 3 unspecified atom stereocenters. The minimum atomic E-state index is -4.13. The van der Waals surface area contributed by atoms with Crippen LogP contribution in [0.15, 0.2) is 66.7 Å². The summed E-state index contributed by atoms with van der Waals surface area (Å²) in [4.78, 5) is 2.09. The minimum absolute atomic E-state index is 0.00625. The van der Waals surface area contributed by atoms with Crippen molar-refractivity contribution in [3.05, 3.63) is 83.4 Å². The Hall–Kier alpha value is -3.65. The number of phenols is 2. The molecule has 1 saturated heterocycles. The Balaban J connectivity index is 1.31. The largest absolute Gasteiger partial charge is 0.508 e. The quantitative estimate of drug-likeness (QED) is 0.316. The first-order chi connectivity index (χ1) is 19.1. The molecule has 8 heteroatoms. The fourth-order valence-corrected chi connectivity index (χ4v) is 5.77. The number of hydrogen-bond donors (Lipinski definition) is 2. The summed E-state index contributed by atoms with van der Waals surface area (Å²) in [6.45, 7) is 5.56. The standard InChI is InChI=1S/C32H34F3NO4/c1-20(36-14-4-5-22(18-36)17-32(33,34)35)19-39-27-11-8-23(9-12-27)31-30(24-6-3-7-25(37)15-24)21(2)28-16-26(38)10-13-29(28)40-31/h3,6-13,15-16,20,22,31,37-38H,4-5,14,17-19H2,1-2H3. The van der Waals surface area contributed by atoms with Crippen molar-refractivity contribution in [3.8, 4) is 23.0 Å². The first-order valence-electron chi connectivity index (χ1n) is 13.6. The molecule has 5 rings (SSSR count). The van der Waals surface area contributed by atoms with Gasteiger partial charge in [-0.25, -0.2) is 0 Å². The number of halogens is 3. The van der Waals surface area contributed by atoms with E-state index < -0.39 is 18.7 Å². The first-order valence-corrected chi connectivity index (χ1v) is 13.6. The Morgan fingerprint density at radius 1 is 1.02 bits per heavy atom. The van der Waals surface area contributed by atoms with Crippen LogP contribution < -0.4 is 9.47 Å². The molecule has 0 bridgehead atoms. The second-order valence-electron chi connectivity index (χ2n) is 10.8. The highest BCUT2D eigenvalue weighted by Gasteiger charge is 2.35. The van der Waals surface area contributed by atoms with Gasteiger partial charge in [0.2, 0.25) is 0 Å². The molecular weight excluding hydrogens is 519 g/mol. The van der Waals surface area contributed by atoms with Crippen molar-refractivity contribution < 1.29 is 32.9 Å². The van der Waals surface area contributed by atoms with E-state index in [1.165, 1.54) is 0 Å². The van der Waals surface area contributed by atoms with Crippen LogP contribution in [0.1, 0.15) is 55.9 Å². The van der Waals surface area contributed by atoms with Gasteiger partial charge in [0.25, 0.3) is 0 Å². The van der Waals surface area contributed by atoms with Crippen LogP contribution in [-0.4, -0.2) is 47.0 Å². The Labute approximate surface area is 232 Å². The predicted molar refractivity (Wildman–Crippen MR) is 148 cm³/mol. The van der Waals surface area contributed by atoms with Crippen LogP contribution in [0.2, 0.25) is 0 Å². The maximum Gasteiger partial charge on any atom is 0.389 e. The maximum atomic E-state index is 12.9. The molecule has 5 nitrogen and oxygen atoms in total. The molecule has 0 saturated carbocycles. The lowest BCUT2D eigenvalue weighted by Crippen LogP contribution is -2.44. The lowest BCUT2D eigenvalue weighted by Gasteiger charge is -2.37. The maximum absolute atomic E-state index is 12.9. The normalized spacial score (nSPS) is 20.5. The van der Waals surface area contributed by atoms with Gasteiger partial charge in [0.1, 0.15) is 35.7 Å². The van der Waals surface area contributed by atoms with Gasteiger partial charge in [-0.05, 0) is 98.3 Å². The molecule has 2 N–H and O–H groups in total. The molecule has 0 amide bonds. The number of benzene rings is 3. The van der Waals surface area contributed by atoms with E-state index in [2.05, 4.69) is 4.90 Å². The van der Waals surface area contributed by atoms with Crippen LogP contribution in [0.4, 0.5) is 13.2 Å². The summed E-state index contributed by atoms with van der Waals surface area (Å²) in [6, 6.07) is 19.6. The topological polar surface area (TPSA) is 62.2 Å². The summed E-state index contributed by atoms with van der Waals surface area (Å²) in [5, 5.41) is 20.2. The summed E-state index contributed by atoms with van der Waals surface area (Å²) >= 11 is 0. The second-order valence-corrected chi connectivity index (χ2v) is 10.8. The van der Waals surface area contributed by atoms with Gasteiger partial charge in [0.05, 0.1) is 0 Å². The summed E-state index contributed by atoms with van der Waals surface area (Å²) in [5.41, 5.74) is 4.32. The molecule has 0 aromatic heterocycles. The van der Waals surface area contributed by atoms with Crippen molar-refractivity contribution >= 4 is 11.1 Å². The lowest BCUT2D eigenvalue weighted by atomic mass is 9.86. The number of nitrogens with zero attached hydrogens (tertiary/aromatic N) is 1. The van der Waals surface area contributed by atoms with E-state index >= 15 is 0 Å². The number of fused-ring (bicyclic) bond motifs is 1. The van der Waals surface area contributed by atoms with E-state index in [9.17, 15) is 23.4 Å². The zero-order valence-electron chi connectivity index (χ0n) is 22.6. The van der Waals surface area contributed by atoms with Crippen LogP contribution in [-0.2, 0) is 0 Å². The van der Waals surface area contributed by atoms with Crippen LogP contribution >= 0.6 is 0 Å². The van der Waals surface area contributed by atoms with Crippen LogP contribution in [0.25, 0.3) is 11.1 Å². The van der Waals surface area contributed by atoms with Crippen molar-refractivity contribution in [2.24, 2.45) is 5.92 Å². The number of phenolic OH excluding ortho intramolecular Hbond substituents is 2. The number of aromatic hydroxyl groups is 2. The van der Waals surface area contributed by atoms with Gasteiger partial charge in [0, 0.05) is 30.1 Å². The fraction of sp³-hybridized carbons (Fsp3) is 0.375. The van der Waals surface area contributed by atoms with E-state index in [4.69, 9.17) is 9.47 Å². The van der Waals surface area contributed by atoms with Crippen LogP contribution in [0.5, 0.6) is 23.0 Å². The summed E-state index contributed by atoms with van der Waals surface area (Å²) in [6.07, 6.45) is -3.94. The smallest absolute Gasteiger partial charge is 0.389 e. The van der Waals surface area contributed by atoms with Crippen molar-refractivity contribution in [2.75, 3.05) is 19.7 Å². The number of allylic oxidation sites excluding steroid dienone is 1. The molecule has 3 atom stereocenters. The van der Waals surface area contributed by atoms with Crippen LogP contribution in [0, 0.1) is 5.92 Å². The van der Waals surface area contributed by atoms with Gasteiger partial charge in [-0.1, -0.05) is 24.3 Å². The number of likely N-dealkylation sites (tertiary alicyclic amines) is 1. The number of hydrogen-bond acceptors (Lipinski definition) is 5. The van der Waals surface area contributed by atoms with Gasteiger partial charge in [-0.15, -0.1) is 0 Å². The molecule has 2 aliphatic heterocycles. The van der Waals surface area contributed by atoms with Crippen LogP contribution in [0.3, 0.4) is 0 Å². The Kier molecular flexibility index (Phi) is 7.99. The number of piperidine rings is 1. The van der Waals surface area contributed by atoms with Gasteiger partial charge in [-0.2, -0.15) is 13.2 Å². The zero-order valence-corrected chi connectivity index (χ0v) is 22.6. The van der Waals surface area contributed by atoms with Crippen molar-refractivity contribution in [1.29, 1.82) is 0 Å². The van der Waals surface area contributed by atoms with Crippen molar-refractivity contribution in [3.63, 3.8) is 0 Å². The number of ether oxygens (including phenoxy) is 2. The van der Waals surface area contributed by atoms with Gasteiger partial charge < -0.3 is 19.7 Å². The van der Waals surface area contributed by atoms with E-state index in [0.29, 0.717) is 31.1 Å². The van der Waals surface area contributed by atoms with E-state index in [-0.39, 0.29) is 23.5 Å². The summed E-state index contributed by atoms with van der Waals surface area (Å²) in [7, 11) is 0. The third-order valence-electron chi connectivity index (χ3n) is 7.80. The third kappa shape index (κ3) is 6.39. The van der Waals surface area contributed by atoms with Gasteiger partial charge in [0.15, 0.2) is 0 Å². The molecule has 212 valence electrons. The monoisotopic (exact) mass is 553 g/mol. The molecule has 0 aliphatic carbocycles. The Bertz CT molecular complexity index is 1370. The average Bonchev–Trinajstić information content (AvgIpc) is 2.91. The first kappa shape index (κ1) is 27.9. The third-order valence-corrected chi connectivity index (χ3v) is 7.80. The molecule has 1 fully saturated rings.